The van der Waals surface area contributed by atoms with Crippen LogP contribution in [0.5, 0.6) is 11.5 Å². The maximum Gasteiger partial charge on any atom is 0.269 e. The monoisotopic (exact) mass is 333 g/mol. The minimum absolute atomic E-state index is 0.180. The smallest absolute Gasteiger partial charge is 0.269 e. The molecule has 0 radical (unpaired) electrons. The number of benzene rings is 1. The lowest BCUT2D eigenvalue weighted by Crippen LogP contribution is -2.43. The van der Waals surface area contributed by atoms with Crippen LogP contribution in [-0.2, 0) is 16.2 Å². The summed E-state index contributed by atoms with van der Waals surface area (Å²) >= 11 is 0. The van der Waals surface area contributed by atoms with Crippen LogP contribution in [0.1, 0.15) is 24.8 Å². The van der Waals surface area contributed by atoms with Gasteiger partial charge in [-0.05, 0) is 30.8 Å². The molecule has 0 aliphatic carbocycles. The van der Waals surface area contributed by atoms with E-state index in [-0.39, 0.29) is 11.5 Å². The van der Waals surface area contributed by atoms with Gasteiger partial charge in [0.1, 0.15) is 11.3 Å². The number of rotatable bonds is 5. The van der Waals surface area contributed by atoms with E-state index in [2.05, 4.69) is 15.8 Å². The average Bonchev–Trinajstić information content (AvgIpc) is 3.03. The number of piperidine rings is 1. The Balaban J connectivity index is 1.56. The van der Waals surface area contributed by atoms with Crippen molar-refractivity contribution in [2.45, 2.75) is 31.4 Å². The van der Waals surface area contributed by atoms with E-state index in [1.807, 2.05) is 18.2 Å². The summed E-state index contributed by atoms with van der Waals surface area (Å²) in [6, 6.07) is 5.56. The van der Waals surface area contributed by atoms with Crippen LogP contribution in [0.25, 0.3) is 0 Å². The molecule has 1 amide bonds. The summed E-state index contributed by atoms with van der Waals surface area (Å²) in [4.78, 5) is 17.9. The molecule has 0 aromatic heterocycles. The van der Waals surface area contributed by atoms with Gasteiger partial charge in [-0.1, -0.05) is 11.2 Å². The van der Waals surface area contributed by atoms with Crippen molar-refractivity contribution in [1.82, 2.24) is 10.6 Å². The van der Waals surface area contributed by atoms with Crippen molar-refractivity contribution in [3.8, 4) is 11.5 Å². The highest BCUT2D eigenvalue weighted by Crippen LogP contribution is 2.32. The van der Waals surface area contributed by atoms with Crippen molar-refractivity contribution in [2.24, 2.45) is 5.16 Å². The number of hydrogen-bond donors (Lipinski definition) is 2. The van der Waals surface area contributed by atoms with Gasteiger partial charge in [0.05, 0.1) is 14.2 Å². The van der Waals surface area contributed by atoms with Gasteiger partial charge in [0.15, 0.2) is 11.5 Å². The zero-order chi connectivity index (χ0) is 17.0. The highest BCUT2D eigenvalue weighted by atomic mass is 16.7. The van der Waals surface area contributed by atoms with Gasteiger partial charge in [-0.15, -0.1) is 0 Å². The first-order chi connectivity index (χ1) is 11.7. The Bertz CT molecular complexity index is 639. The van der Waals surface area contributed by atoms with Crippen molar-refractivity contribution >= 4 is 11.6 Å². The van der Waals surface area contributed by atoms with E-state index in [1.54, 1.807) is 14.2 Å². The molecular formula is C17H23N3O4. The van der Waals surface area contributed by atoms with E-state index in [0.29, 0.717) is 30.2 Å². The fraction of sp³-hybridized carbons (Fsp3) is 0.529. The molecule has 0 unspecified atom stereocenters. The van der Waals surface area contributed by atoms with E-state index in [9.17, 15) is 4.79 Å². The van der Waals surface area contributed by atoms with Crippen molar-refractivity contribution < 1.29 is 19.1 Å². The van der Waals surface area contributed by atoms with Crippen molar-refractivity contribution in [3.05, 3.63) is 23.8 Å². The zero-order valence-corrected chi connectivity index (χ0v) is 14.1. The van der Waals surface area contributed by atoms with E-state index < -0.39 is 0 Å². The Morgan fingerprint density at radius 3 is 2.75 bits per heavy atom. The number of hydrogen-bond acceptors (Lipinski definition) is 6. The van der Waals surface area contributed by atoms with Gasteiger partial charge in [-0.2, -0.15) is 0 Å². The van der Waals surface area contributed by atoms with Crippen molar-refractivity contribution in [1.29, 1.82) is 0 Å². The zero-order valence-electron chi connectivity index (χ0n) is 14.1. The van der Waals surface area contributed by atoms with Crippen LogP contribution in [0.3, 0.4) is 0 Å². The highest BCUT2D eigenvalue weighted by molar-refractivity contribution is 6.39. The minimum Gasteiger partial charge on any atom is -0.493 e. The van der Waals surface area contributed by atoms with Gasteiger partial charge in [0.2, 0.25) is 0 Å². The third-order valence-corrected chi connectivity index (χ3v) is 4.52. The fourth-order valence-corrected chi connectivity index (χ4v) is 3.07. The van der Waals surface area contributed by atoms with Crippen LogP contribution in [-0.4, -0.2) is 44.5 Å². The molecule has 0 bridgehead atoms. The van der Waals surface area contributed by atoms with Crippen LogP contribution in [0.2, 0.25) is 0 Å². The molecule has 7 nitrogen and oxygen atoms in total. The van der Waals surface area contributed by atoms with Crippen molar-refractivity contribution in [2.75, 3.05) is 27.3 Å². The predicted octanol–water partition coefficient (Wildman–Crippen LogP) is 1.22. The third-order valence-electron chi connectivity index (χ3n) is 4.52. The summed E-state index contributed by atoms with van der Waals surface area (Å²) < 4.78 is 10.5. The molecule has 24 heavy (non-hydrogen) atoms. The summed E-state index contributed by atoms with van der Waals surface area (Å²) in [5.41, 5.74) is 1.11. The average molecular weight is 333 g/mol. The molecule has 1 spiro atoms. The Kier molecular flexibility index (Phi) is 4.89. The Morgan fingerprint density at radius 1 is 1.29 bits per heavy atom. The molecule has 7 heteroatoms. The standard InChI is InChI=1S/C17H23N3O4/c1-22-14-4-3-12(9-15(14)23-2)11-19-16(21)13-10-17(24-20-13)5-7-18-8-6-17/h3-4,9,18H,5-8,10-11H2,1-2H3,(H,19,21). The Labute approximate surface area is 141 Å². The van der Waals surface area contributed by atoms with Crippen LogP contribution in [0, 0.1) is 0 Å². The first-order valence-corrected chi connectivity index (χ1v) is 8.11. The number of oxime groups is 1. The number of carbonyl (C=O) groups excluding carboxylic acids is 1. The van der Waals surface area contributed by atoms with Gasteiger partial charge in [-0.3, -0.25) is 4.79 Å². The summed E-state index contributed by atoms with van der Waals surface area (Å²) in [6.45, 7) is 2.19. The predicted molar refractivity (Wildman–Crippen MR) is 89.4 cm³/mol. The summed E-state index contributed by atoms with van der Waals surface area (Å²) in [7, 11) is 3.18. The molecule has 2 heterocycles. The van der Waals surface area contributed by atoms with Crippen molar-refractivity contribution in [3.63, 3.8) is 0 Å². The number of methoxy groups -OCH3 is 2. The van der Waals surface area contributed by atoms with Crippen LogP contribution >= 0.6 is 0 Å². The second kappa shape index (κ2) is 7.09. The quantitative estimate of drug-likeness (QED) is 0.847. The summed E-state index contributed by atoms with van der Waals surface area (Å²) in [5.74, 6) is 1.12. The molecule has 2 N–H and O–H groups in total. The van der Waals surface area contributed by atoms with Gasteiger partial charge in [0.25, 0.3) is 5.91 Å². The van der Waals surface area contributed by atoms with Gasteiger partial charge < -0.3 is 24.9 Å². The second-order valence-corrected chi connectivity index (χ2v) is 6.11. The fourth-order valence-electron chi connectivity index (χ4n) is 3.07. The molecule has 0 saturated carbocycles. The molecule has 2 aliphatic rings. The number of carbonyl (C=O) groups is 1. The largest absolute Gasteiger partial charge is 0.493 e. The van der Waals surface area contributed by atoms with Gasteiger partial charge in [0, 0.05) is 25.8 Å². The van der Waals surface area contributed by atoms with Crippen LogP contribution in [0.15, 0.2) is 23.4 Å². The maximum atomic E-state index is 12.3. The Morgan fingerprint density at radius 2 is 2.04 bits per heavy atom. The number of nitrogens with one attached hydrogen (secondary N) is 2. The van der Waals surface area contributed by atoms with E-state index in [4.69, 9.17) is 14.3 Å². The molecule has 1 fully saturated rings. The summed E-state index contributed by atoms with van der Waals surface area (Å²) in [5, 5.41) is 10.2. The molecule has 130 valence electrons. The SMILES string of the molecule is COc1ccc(CNC(=O)C2=NOC3(CCNCC3)C2)cc1OC. The minimum atomic E-state index is -0.290. The first kappa shape index (κ1) is 16.6. The lowest BCUT2D eigenvalue weighted by atomic mass is 9.87. The van der Waals surface area contributed by atoms with Gasteiger partial charge in [-0.25, -0.2) is 0 Å². The molecule has 3 rings (SSSR count). The Hall–Kier alpha value is -2.28. The first-order valence-electron chi connectivity index (χ1n) is 8.11. The lowest BCUT2D eigenvalue weighted by Gasteiger charge is -2.30. The normalized spacial score (nSPS) is 18.7. The number of amides is 1. The lowest BCUT2D eigenvalue weighted by molar-refractivity contribution is -0.115. The van der Waals surface area contributed by atoms with Crippen LogP contribution in [0.4, 0.5) is 0 Å². The molecule has 0 atom stereocenters. The highest BCUT2D eigenvalue weighted by Gasteiger charge is 2.42. The van der Waals surface area contributed by atoms with Gasteiger partial charge >= 0.3 is 0 Å². The van der Waals surface area contributed by atoms with E-state index in [0.717, 1.165) is 31.5 Å². The number of nitrogens with zero attached hydrogens (tertiary/aromatic N) is 1. The molecule has 1 aromatic carbocycles. The molecule has 1 saturated heterocycles. The topological polar surface area (TPSA) is 81.2 Å². The van der Waals surface area contributed by atoms with E-state index in [1.165, 1.54) is 0 Å². The van der Waals surface area contributed by atoms with Crippen LogP contribution < -0.4 is 20.1 Å². The maximum absolute atomic E-state index is 12.3. The molecule has 2 aliphatic heterocycles. The van der Waals surface area contributed by atoms with E-state index >= 15 is 0 Å². The summed E-state index contributed by atoms with van der Waals surface area (Å²) in [6.07, 6.45) is 2.33. The number of ether oxygens (including phenoxy) is 2. The third kappa shape index (κ3) is 3.46. The second-order valence-electron chi connectivity index (χ2n) is 6.11. The molecule has 1 aromatic rings. The molecular weight excluding hydrogens is 310 g/mol.